The van der Waals surface area contributed by atoms with Crippen LogP contribution in [0.5, 0.6) is 0 Å². The minimum absolute atomic E-state index is 0.583. The van der Waals surface area contributed by atoms with Gasteiger partial charge in [0.05, 0.1) is 0 Å². The summed E-state index contributed by atoms with van der Waals surface area (Å²) in [4.78, 5) is 2.50. The SMILES string of the molecule is CCC1CN(CCCOC)c2ccccc2CN1. The van der Waals surface area contributed by atoms with E-state index in [1.807, 2.05) is 0 Å². The van der Waals surface area contributed by atoms with Gasteiger partial charge in [-0.1, -0.05) is 25.1 Å². The summed E-state index contributed by atoms with van der Waals surface area (Å²) in [7, 11) is 1.77. The highest BCUT2D eigenvalue weighted by Gasteiger charge is 2.19. The van der Waals surface area contributed by atoms with Crippen LogP contribution in [-0.2, 0) is 11.3 Å². The highest BCUT2D eigenvalue weighted by atomic mass is 16.5. The molecule has 0 amide bonds. The Morgan fingerprint density at radius 2 is 2.22 bits per heavy atom. The molecule has 3 heteroatoms. The average molecular weight is 248 g/mol. The molecule has 1 unspecified atom stereocenters. The van der Waals surface area contributed by atoms with Crippen LogP contribution in [0.3, 0.4) is 0 Å². The van der Waals surface area contributed by atoms with E-state index >= 15 is 0 Å². The van der Waals surface area contributed by atoms with Crippen LogP contribution < -0.4 is 10.2 Å². The first-order chi connectivity index (χ1) is 8.85. The number of nitrogens with zero attached hydrogens (tertiary/aromatic N) is 1. The van der Waals surface area contributed by atoms with Crippen molar-refractivity contribution in [3.8, 4) is 0 Å². The van der Waals surface area contributed by atoms with Crippen LogP contribution in [0.4, 0.5) is 5.69 Å². The minimum atomic E-state index is 0.583. The lowest BCUT2D eigenvalue weighted by molar-refractivity contribution is 0.196. The number of hydrogen-bond acceptors (Lipinski definition) is 3. The Morgan fingerprint density at radius 3 is 3.00 bits per heavy atom. The second-order valence-corrected chi connectivity index (χ2v) is 4.91. The van der Waals surface area contributed by atoms with Gasteiger partial charge in [0.25, 0.3) is 0 Å². The third kappa shape index (κ3) is 3.24. The molecule has 1 aliphatic rings. The number of fused-ring (bicyclic) bond motifs is 1. The van der Waals surface area contributed by atoms with E-state index in [1.165, 1.54) is 17.7 Å². The maximum atomic E-state index is 5.16. The molecule has 1 atom stereocenters. The van der Waals surface area contributed by atoms with Gasteiger partial charge in [-0.05, 0) is 24.5 Å². The largest absolute Gasteiger partial charge is 0.385 e. The molecule has 0 aliphatic carbocycles. The molecule has 3 nitrogen and oxygen atoms in total. The number of methoxy groups -OCH3 is 1. The van der Waals surface area contributed by atoms with Crippen molar-refractivity contribution in [2.45, 2.75) is 32.4 Å². The molecule has 0 saturated heterocycles. The molecule has 0 bridgehead atoms. The maximum Gasteiger partial charge on any atom is 0.0479 e. The lowest BCUT2D eigenvalue weighted by atomic mass is 10.1. The van der Waals surface area contributed by atoms with Crippen LogP contribution in [0.15, 0.2) is 24.3 Å². The number of ether oxygens (including phenoxy) is 1. The predicted octanol–water partition coefficient (Wildman–Crippen LogP) is 2.41. The first kappa shape index (κ1) is 13.4. The van der Waals surface area contributed by atoms with Crippen LogP contribution >= 0.6 is 0 Å². The van der Waals surface area contributed by atoms with Crippen molar-refractivity contribution in [3.05, 3.63) is 29.8 Å². The van der Waals surface area contributed by atoms with Crippen LogP contribution in [0.25, 0.3) is 0 Å². The van der Waals surface area contributed by atoms with Gasteiger partial charge in [0.1, 0.15) is 0 Å². The topological polar surface area (TPSA) is 24.5 Å². The quantitative estimate of drug-likeness (QED) is 0.810. The highest BCUT2D eigenvalue weighted by molar-refractivity contribution is 5.54. The van der Waals surface area contributed by atoms with E-state index < -0.39 is 0 Å². The van der Waals surface area contributed by atoms with Gasteiger partial charge in [-0.3, -0.25) is 0 Å². The summed E-state index contributed by atoms with van der Waals surface area (Å²) in [6, 6.07) is 9.31. The molecule has 100 valence electrons. The summed E-state index contributed by atoms with van der Waals surface area (Å²) >= 11 is 0. The molecule has 1 heterocycles. The molecule has 18 heavy (non-hydrogen) atoms. The number of hydrogen-bond donors (Lipinski definition) is 1. The molecule has 2 rings (SSSR count). The van der Waals surface area contributed by atoms with Gasteiger partial charge < -0.3 is 15.0 Å². The van der Waals surface area contributed by atoms with E-state index in [-0.39, 0.29) is 0 Å². The Balaban J connectivity index is 2.12. The van der Waals surface area contributed by atoms with Crippen molar-refractivity contribution in [1.82, 2.24) is 5.32 Å². The summed E-state index contributed by atoms with van der Waals surface area (Å²) in [5.74, 6) is 0. The van der Waals surface area contributed by atoms with Crippen molar-refractivity contribution < 1.29 is 4.74 Å². The zero-order valence-corrected chi connectivity index (χ0v) is 11.5. The van der Waals surface area contributed by atoms with E-state index in [0.29, 0.717) is 6.04 Å². The molecular weight excluding hydrogens is 224 g/mol. The second-order valence-electron chi connectivity index (χ2n) is 4.91. The fourth-order valence-electron chi connectivity index (χ4n) is 2.54. The third-order valence-corrected chi connectivity index (χ3v) is 3.62. The van der Waals surface area contributed by atoms with Crippen LogP contribution in [0.1, 0.15) is 25.3 Å². The van der Waals surface area contributed by atoms with Gasteiger partial charge in [-0.25, -0.2) is 0 Å². The molecule has 0 saturated carbocycles. The van der Waals surface area contributed by atoms with E-state index in [4.69, 9.17) is 4.74 Å². The molecule has 0 fully saturated rings. The van der Waals surface area contributed by atoms with E-state index in [1.54, 1.807) is 7.11 Å². The summed E-state index contributed by atoms with van der Waals surface area (Å²) < 4.78 is 5.16. The molecule has 0 spiro atoms. The summed E-state index contributed by atoms with van der Waals surface area (Å²) in [5, 5.41) is 3.63. The Hall–Kier alpha value is -1.06. The van der Waals surface area contributed by atoms with Crippen molar-refractivity contribution in [2.24, 2.45) is 0 Å². The Bertz CT molecular complexity index is 367. The van der Waals surface area contributed by atoms with Crippen molar-refractivity contribution in [1.29, 1.82) is 0 Å². The van der Waals surface area contributed by atoms with Crippen molar-refractivity contribution in [2.75, 3.05) is 31.7 Å². The van der Waals surface area contributed by atoms with E-state index in [9.17, 15) is 0 Å². The standard InChI is InChI=1S/C15H24N2O/c1-3-14-12-17(9-6-10-18-2)15-8-5-4-7-13(15)11-16-14/h4-5,7-8,14,16H,3,6,9-12H2,1-2H3. The first-order valence-electron chi connectivity index (χ1n) is 6.90. The molecule has 1 aromatic rings. The Morgan fingerprint density at radius 1 is 1.39 bits per heavy atom. The summed E-state index contributed by atoms with van der Waals surface area (Å²) in [5.41, 5.74) is 2.79. The molecule has 1 aliphatic heterocycles. The molecule has 0 radical (unpaired) electrons. The smallest absolute Gasteiger partial charge is 0.0479 e. The third-order valence-electron chi connectivity index (χ3n) is 3.62. The zero-order valence-electron chi connectivity index (χ0n) is 11.5. The first-order valence-corrected chi connectivity index (χ1v) is 6.90. The number of rotatable bonds is 5. The van der Waals surface area contributed by atoms with E-state index in [2.05, 4.69) is 41.4 Å². The van der Waals surface area contributed by atoms with Gasteiger partial charge >= 0.3 is 0 Å². The van der Waals surface area contributed by atoms with Crippen LogP contribution in [0, 0.1) is 0 Å². The Kier molecular flexibility index (Phi) is 5.02. The minimum Gasteiger partial charge on any atom is -0.385 e. The lowest BCUT2D eigenvalue weighted by Gasteiger charge is -2.27. The number of nitrogens with one attached hydrogen (secondary N) is 1. The lowest BCUT2D eigenvalue weighted by Crippen LogP contribution is -2.38. The number of benzene rings is 1. The van der Waals surface area contributed by atoms with E-state index in [0.717, 1.165) is 32.7 Å². The normalized spacial score (nSPS) is 19.4. The van der Waals surface area contributed by atoms with Gasteiger partial charge in [-0.2, -0.15) is 0 Å². The second kappa shape index (κ2) is 6.76. The maximum absolute atomic E-state index is 5.16. The average Bonchev–Trinajstić information content (AvgIpc) is 2.59. The fraction of sp³-hybridized carbons (Fsp3) is 0.600. The summed E-state index contributed by atoms with van der Waals surface area (Å²) in [6.07, 6.45) is 2.26. The molecular formula is C15H24N2O. The predicted molar refractivity (Wildman–Crippen MR) is 76.1 cm³/mol. The summed E-state index contributed by atoms with van der Waals surface area (Å²) in [6.45, 7) is 6.24. The van der Waals surface area contributed by atoms with Crippen LogP contribution in [-0.4, -0.2) is 32.8 Å². The van der Waals surface area contributed by atoms with Gasteiger partial charge in [0, 0.05) is 45.1 Å². The van der Waals surface area contributed by atoms with Gasteiger partial charge in [-0.15, -0.1) is 0 Å². The monoisotopic (exact) mass is 248 g/mol. The number of anilines is 1. The zero-order chi connectivity index (χ0) is 12.8. The van der Waals surface area contributed by atoms with Crippen LogP contribution in [0.2, 0.25) is 0 Å². The fourth-order valence-corrected chi connectivity index (χ4v) is 2.54. The van der Waals surface area contributed by atoms with Crippen molar-refractivity contribution in [3.63, 3.8) is 0 Å². The van der Waals surface area contributed by atoms with Crippen molar-refractivity contribution >= 4 is 5.69 Å². The Labute approximate surface area is 110 Å². The molecule has 1 aromatic carbocycles. The van der Waals surface area contributed by atoms with Gasteiger partial charge in [0.2, 0.25) is 0 Å². The number of para-hydroxylation sites is 1. The molecule has 1 N–H and O–H groups in total. The highest BCUT2D eigenvalue weighted by Crippen LogP contribution is 2.24. The molecule has 0 aromatic heterocycles. The van der Waals surface area contributed by atoms with Gasteiger partial charge in [0.15, 0.2) is 0 Å².